The van der Waals surface area contributed by atoms with Crippen LogP contribution in [0.25, 0.3) is 10.4 Å². The second-order valence-electron chi connectivity index (χ2n) is 7.24. The maximum absolute atomic E-state index is 12.8. The maximum Gasteiger partial charge on any atom is 0.341 e. The fraction of sp³-hybridized carbons (Fsp3) is 0.350. The van der Waals surface area contributed by atoms with Crippen molar-refractivity contribution in [3.05, 3.63) is 35.9 Å². The minimum Gasteiger partial charge on any atom is -0.457 e. The van der Waals surface area contributed by atoms with Crippen molar-refractivity contribution in [2.24, 2.45) is 11.5 Å². The third-order valence-corrected chi connectivity index (χ3v) is 5.92. The first-order valence-corrected chi connectivity index (χ1v) is 10.3. The number of rotatable bonds is 5. The number of anilines is 2. The Morgan fingerprint density at radius 3 is 2.50 bits per heavy atom. The molecule has 0 bridgehead atoms. The monoisotopic (exact) mass is 431 g/mol. The number of nitrogens with two attached hydrogens (primary N) is 2. The van der Waals surface area contributed by atoms with Crippen molar-refractivity contribution < 1.29 is 19.1 Å². The number of carbonyl (C=O) groups is 3. The number of nitrogens with one attached hydrogen (secondary N) is 1. The number of nitrogens with zero attached hydrogens (tertiary/aromatic N) is 2. The first kappa shape index (κ1) is 21.4. The molecule has 1 aliphatic heterocycles. The van der Waals surface area contributed by atoms with Crippen molar-refractivity contribution in [2.45, 2.75) is 18.9 Å². The van der Waals surface area contributed by atoms with Gasteiger partial charge in [0, 0.05) is 31.2 Å². The van der Waals surface area contributed by atoms with Crippen molar-refractivity contribution >= 4 is 40.1 Å². The number of piperidine rings is 1. The van der Waals surface area contributed by atoms with Gasteiger partial charge in [-0.15, -0.1) is 11.3 Å². The molecule has 0 aliphatic carbocycles. The van der Waals surface area contributed by atoms with Crippen LogP contribution in [0.15, 0.2) is 30.3 Å². The van der Waals surface area contributed by atoms with Gasteiger partial charge < -0.3 is 26.0 Å². The van der Waals surface area contributed by atoms with Crippen LogP contribution < -0.4 is 21.7 Å². The second kappa shape index (κ2) is 9.04. The summed E-state index contributed by atoms with van der Waals surface area (Å²) in [4.78, 5) is 39.9. The zero-order valence-electron chi connectivity index (χ0n) is 16.9. The molecule has 1 fully saturated rings. The highest BCUT2D eigenvalue weighted by Crippen LogP contribution is 2.37. The number of likely N-dealkylation sites (tertiary alicyclic amines) is 1. The van der Waals surface area contributed by atoms with E-state index in [1.807, 2.05) is 43.3 Å². The van der Waals surface area contributed by atoms with Crippen LogP contribution >= 0.6 is 11.3 Å². The van der Waals surface area contributed by atoms with Gasteiger partial charge in [-0.3, -0.25) is 5.32 Å². The van der Waals surface area contributed by atoms with E-state index >= 15 is 0 Å². The highest BCUT2D eigenvalue weighted by atomic mass is 32.1. The first-order valence-electron chi connectivity index (χ1n) is 9.48. The first-order chi connectivity index (χ1) is 14.2. The van der Waals surface area contributed by atoms with Gasteiger partial charge in [-0.1, -0.05) is 12.1 Å². The van der Waals surface area contributed by atoms with Gasteiger partial charge >= 0.3 is 18.0 Å². The number of carbonyl (C=O) groups excluding carboxylic acids is 3. The summed E-state index contributed by atoms with van der Waals surface area (Å²) in [7, 11) is 3.90. The molecule has 1 atom stereocenters. The number of primary amides is 2. The van der Waals surface area contributed by atoms with Crippen molar-refractivity contribution in [1.82, 2.24) is 4.90 Å². The molecule has 0 saturated carbocycles. The quantitative estimate of drug-likeness (QED) is 0.627. The Morgan fingerprint density at radius 1 is 1.20 bits per heavy atom. The van der Waals surface area contributed by atoms with Crippen LogP contribution in [-0.2, 0) is 4.74 Å². The smallest absolute Gasteiger partial charge is 0.341 e. The summed E-state index contributed by atoms with van der Waals surface area (Å²) in [5.74, 6) is -0.581. The molecule has 3 rings (SSSR count). The number of amides is 4. The van der Waals surface area contributed by atoms with Crippen molar-refractivity contribution in [3.8, 4) is 10.4 Å². The molecule has 1 aliphatic rings. The third-order valence-electron chi connectivity index (χ3n) is 4.82. The van der Waals surface area contributed by atoms with E-state index in [0.29, 0.717) is 24.4 Å². The fourth-order valence-corrected chi connectivity index (χ4v) is 4.32. The van der Waals surface area contributed by atoms with Crippen molar-refractivity contribution in [3.63, 3.8) is 0 Å². The third kappa shape index (κ3) is 5.01. The topological polar surface area (TPSA) is 131 Å². The molecule has 4 amide bonds. The van der Waals surface area contributed by atoms with Crippen LogP contribution in [0.5, 0.6) is 0 Å². The van der Waals surface area contributed by atoms with E-state index in [4.69, 9.17) is 16.2 Å². The maximum atomic E-state index is 12.8. The lowest BCUT2D eigenvalue weighted by Gasteiger charge is -2.31. The summed E-state index contributed by atoms with van der Waals surface area (Å²) in [6, 6.07) is 8.19. The van der Waals surface area contributed by atoms with Crippen LogP contribution in [0.1, 0.15) is 23.2 Å². The highest BCUT2D eigenvalue weighted by molar-refractivity contribution is 7.20. The average Bonchev–Trinajstić information content (AvgIpc) is 3.11. The van der Waals surface area contributed by atoms with Crippen LogP contribution in [0.2, 0.25) is 0 Å². The minimum absolute atomic E-state index is 0.224. The van der Waals surface area contributed by atoms with Gasteiger partial charge in [0.05, 0.1) is 12.1 Å². The lowest BCUT2D eigenvalue weighted by molar-refractivity contribution is 0.0129. The molecule has 0 radical (unpaired) electrons. The van der Waals surface area contributed by atoms with E-state index in [1.54, 1.807) is 6.07 Å². The Balaban J connectivity index is 1.82. The molecule has 1 aromatic heterocycles. The van der Waals surface area contributed by atoms with Gasteiger partial charge in [-0.05, 0) is 36.6 Å². The molecular weight excluding hydrogens is 406 g/mol. The van der Waals surface area contributed by atoms with Crippen LogP contribution in [0, 0.1) is 0 Å². The zero-order chi connectivity index (χ0) is 21.8. The summed E-state index contributed by atoms with van der Waals surface area (Å²) in [5.41, 5.74) is 12.8. The molecule has 160 valence electrons. The normalized spacial score (nSPS) is 16.1. The van der Waals surface area contributed by atoms with Crippen LogP contribution in [-0.4, -0.2) is 56.2 Å². The number of thiophene rings is 1. The predicted molar refractivity (Wildman–Crippen MR) is 117 cm³/mol. The molecule has 10 heteroatoms. The van der Waals surface area contributed by atoms with E-state index in [2.05, 4.69) is 5.32 Å². The van der Waals surface area contributed by atoms with Crippen LogP contribution in [0.4, 0.5) is 20.3 Å². The van der Waals surface area contributed by atoms with E-state index < -0.39 is 24.1 Å². The lowest BCUT2D eigenvalue weighted by atomic mass is 10.1. The van der Waals surface area contributed by atoms with Crippen LogP contribution in [0.3, 0.4) is 0 Å². The predicted octanol–water partition coefficient (Wildman–Crippen LogP) is 2.67. The number of esters is 1. The fourth-order valence-electron chi connectivity index (χ4n) is 3.26. The number of hydrogen-bond acceptors (Lipinski definition) is 6. The molecule has 1 saturated heterocycles. The Bertz CT molecular complexity index is 941. The molecule has 0 spiro atoms. The molecule has 30 heavy (non-hydrogen) atoms. The summed E-state index contributed by atoms with van der Waals surface area (Å²) < 4.78 is 5.60. The van der Waals surface area contributed by atoms with Gasteiger partial charge in [-0.2, -0.15) is 0 Å². The van der Waals surface area contributed by atoms with Crippen molar-refractivity contribution in [1.29, 1.82) is 0 Å². The van der Waals surface area contributed by atoms with Gasteiger partial charge in [0.15, 0.2) is 0 Å². The molecule has 9 nitrogen and oxygen atoms in total. The van der Waals surface area contributed by atoms with E-state index in [-0.39, 0.29) is 12.1 Å². The largest absolute Gasteiger partial charge is 0.457 e. The summed E-state index contributed by atoms with van der Waals surface area (Å²) in [6.07, 6.45) is 0.875. The minimum atomic E-state index is -0.766. The molecule has 5 N–H and O–H groups in total. The van der Waals surface area contributed by atoms with E-state index in [1.165, 1.54) is 16.2 Å². The SMILES string of the molecule is CN(C)c1ccc(-c2cc(C(=O)OC3CCCN(C(N)=O)C3)c(NC(N)=O)s2)cc1. The molecule has 1 unspecified atom stereocenters. The zero-order valence-corrected chi connectivity index (χ0v) is 17.7. The van der Waals surface area contributed by atoms with Gasteiger partial charge in [0.25, 0.3) is 0 Å². The van der Waals surface area contributed by atoms with Gasteiger partial charge in [0.2, 0.25) is 0 Å². The van der Waals surface area contributed by atoms with Gasteiger partial charge in [-0.25, -0.2) is 14.4 Å². The number of ether oxygens (including phenoxy) is 1. The highest BCUT2D eigenvalue weighted by Gasteiger charge is 2.27. The molecule has 1 aromatic carbocycles. The average molecular weight is 432 g/mol. The number of benzene rings is 1. The van der Waals surface area contributed by atoms with Crippen molar-refractivity contribution in [2.75, 3.05) is 37.4 Å². The van der Waals surface area contributed by atoms with E-state index in [9.17, 15) is 14.4 Å². The molecular formula is C20H25N5O4S. The molecule has 2 heterocycles. The Labute approximate surface area is 178 Å². The number of hydrogen-bond donors (Lipinski definition) is 3. The lowest BCUT2D eigenvalue weighted by Crippen LogP contribution is -2.46. The Morgan fingerprint density at radius 2 is 1.90 bits per heavy atom. The summed E-state index contributed by atoms with van der Waals surface area (Å²) in [5, 5.41) is 2.82. The standard InChI is InChI=1S/C20H25N5O4S/c1-24(2)13-7-5-12(6-8-13)16-10-15(17(30-16)23-19(21)27)18(26)29-14-4-3-9-25(11-14)20(22)28/h5-8,10,14H,3-4,9,11H2,1-2H3,(H2,22,28)(H3,21,23,27). The molecule has 2 aromatic rings. The van der Waals surface area contributed by atoms with E-state index in [0.717, 1.165) is 16.1 Å². The second-order valence-corrected chi connectivity index (χ2v) is 8.29. The Hall–Kier alpha value is -3.27. The summed E-state index contributed by atoms with van der Waals surface area (Å²) in [6.45, 7) is 0.798. The Kier molecular flexibility index (Phi) is 6.46. The summed E-state index contributed by atoms with van der Waals surface area (Å²) >= 11 is 1.24. The number of urea groups is 2. The van der Waals surface area contributed by atoms with Gasteiger partial charge in [0.1, 0.15) is 11.1 Å².